The molecule has 0 unspecified atom stereocenters. The molecular formula is C14H20ClNO. The number of nitrogens with one attached hydrogen (secondary N) is 1. The second-order valence-corrected chi connectivity index (χ2v) is 4.73. The van der Waals surface area contributed by atoms with Crippen LogP contribution < -0.4 is 5.32 Å². The first-order valence-electron chi connectivity index (χ1n) is 6.16. The third-order valence-corrected chi connectivity index (χ3v) is 3.27. The van der Waals surface area contributed by atoms with Gasteiger partial charge in [0.15, 0.2) is 0 Å². The Morgan fingerprint density at radius 1 is 1.24 bits per heavy atom. The van der Waals surface area contributed by atoms with Crippen molar-refractivity contribution < 1.29 is 4.79 Å². The summed E-state index contributed by atoms with van der Waals surface area (Å²) in [6.07, 6.45) is 2.65. The van der Waals surface area contributed by atoms with Gasteiger partial charge < -0.3 is 5.32 Å². The fourth-order valence-corrected chi connectivity index (χ4v) is 1.81. The van der Waals surface area contributed by atoms with Crippen LogP contribution in [0.3, 0.4) is 0 Å². The predicted molar refractivity (Wildman–Crippen MR) is 72.2 cm³/mol. The van der Waals surface area contributed by atoms with Gasteiger partial charge in [0.1, 0.15) is 0 Å². The molecule has 17 heavy (non-hydrogen) atoms. The van der Waals surface area contributed by atoms with E-state index in [9.17, 15) is 4.79 Å². The van der Waals surface area contributed by atoms with Crippen LogP contribution in [0.4, 0.5) is 0 Å². The van der Waals surface area contributed by atoms with Crippen molar-refractivity contribution in [2.45, 2.75) is 33.1 Å². The van der Waals surface area contributed by atoms with E-state index >= 15 is 0 Å². The van der Waals surface area contributed by atoms with Crippen LogP contribution in [0.1, 0.15) is 32.3 Å². The Kier molecular flexibility index (Phi) is 6.06. The van der Waals surface area contributed by atoms with Gasteiger partial charge in [0.25, 0.3) is 0 Å². The van der Waals surface area contributed by atoms with Gasteiger partial charge in [-0.25, -0.2) is 0 Å². The van der Waals surface area contributed by atoms with E-state index in [1.165, 1.54) is 0 Å². The number of hydrogen-bond acceptors (Lipinski definition) is 1. The molecule has 0 atom stereocenters. The zero-order valence-corrected chi connectivity index (χ0v) is 11.3. The van der Waals surface area contributed by atoms with Crippen LogP contribution in [0.5, 0.6) is 0 Å². The van der Waals surface area contributed by atoms with E-state index in [1.807, 2.05) is 24.3 Å². The number of benzene rings is 1. The topological polar surface area (TPSA) is 29.1 Å². The number of amides is 1. The summed E-state index contributed by atoms with van der Waals surface area (Å²) in [6.45, 7) is 5.08. The maximum absolute atomic E-state index is 11.7. The molecule has 1 rings (SSSR count). The van der Waals surface area contributed by atoms with Crippen LogP contribution in [-0.4, -0.2) is 12.5 Å². The third-order valence-electron chi connectivity index (χ3n) is 3.02. The van der Waals surface area contributed by atoms with Crippen molar-refractivity contribution in [1.82, 2.24) is 5.32 Å². The quantitative estimate of drug-likeness (QED) is 0.827. The molecule has 0 fully saturated rings. The summed E-state index contributed by atoms with van der Waals surface area (Å²) in [5.74, 6) is 0.670. The normalized spacial score (nSPS) is 10.6. The third kappa shape index (κ3) is 5.22. The Bertz CT molecular complexity index is 344. The molecule has 94 valence electrons. The van der Waals surface area contributed by atoms with Crippen molar-refractivity contribution in [3.63, 3.8) is 0 Å². The molecule has 3 heteroatoms. The number of halogens is 1. The lowest BCUT2D eigenvalue weighted by Crippen LogP contribution is -2.30. The predicted octanol–water partition coefficient (Wildman–Crippen LogP) is 3.43. The van der Waals surface area contributed by atoms with Crippen molar-refractivity contribution in [2.75, 3.05) is 6.54 Å². The minimum atomic E-state index is 0.0826. The Hall–Kier alpha value is -1.02. The van der Waals surface area contributed by atoms with Gasteiger partial charge in [-0.15, -0.1) is 0 Å². The van der Waals surface area contributed by atoms with E-state index in [0.29, 0.717) is 17.4 Å². The van der Waals surface area contributed by atoms with E-state index < -0.39 is 0 Å². The molecule has 0 saturated heterocycles. The van der Waals surface area contributed by atoms with Gasteiger partial charge in [-0.2, -0.15) is 0 Å². The van der Waals surface area contributed by atoms with Crippen molar-refractivity contribution >= 4 is 17.5 Å². The van der Waals surface area contributed by atoms with Crippen LogP contribution in [0.15, 0.2) is 24.3 Å². The summed E-state index contributed by atoms with van der Waals surface area (Å²) in [4.78, 5) is 11.7. The molecule has 0 saturated carbocycles. The van der Waals surface area contributed by atoms with Gasteiger partial charge >= 0.3 is 0 Å². The molecule has 0 aromatic heterocycles. The van der Waals surface area contributed by atoms with Gasteiger partial charge in [0.05, 0.1) is 6.42 Å². The zero-order valence-electron chi connectivity index (χ0n) is 10.5. The van der Waals surface area contributed by atoms with Crippen molar-refractivity contribution in [2.24, 2.45) is 5.92 Å². The van der Waals surface area contributed by atoms with Crippen LogP contribution in [0.2, 0.25) is 5.02 Å². The number of rotatable bonds is 6. The Morgan fingerprint density at radius 3 is 2.35 bits per heavy atom. The first-order valence-corrected chi connectivity index (χ1v) is 6.54. The molecule has 0 heterocycles. The lowest BCUT2D eigenvalue weighted by molar-refractivity contribution is -0.120. The van der Waals surface area contributed by atoms with Gasteiger partial charge in [-0.3, -0.25) is 4.79 Å². The monoisotopic (exact) mass is 253 g/mol. The average molecular weight is 254 g/mol. The van der Waals surface area contributed by atoms with Crippen molar-refractivity contribution in [3.05, 3.63) is 34.9 Å². The van der Waals surface area contributed by atoms with Crippen LogP contribution in [0.25, 0.3) is 0 Å². The van der Waals surface area contributed by atoms with Gasteiger partial charge in [0.2, 0.25) is 5.91 Å². The van der Waals surface area contributed by atoms with Gasteiger partial charge in [-0.05, 0) is 23.6 Å². The summed E-state index contributed by atoms with van der Waals surface area (Å²) < 4.78 is 0. The van der Waals surface area contributed by atoms with Gasteiger partial charge in [0, 0.05) is 11.6 Å². The highest BCUT2D eigenvalue weighted by Crippen LogP contribution is 2.10. The molecule has 1 N–H and O–H groups in total. The minimum Gasteiger partial charge on any atom is -0.356 e. The van der Waals surface area contributed by atoms with Crippen LogP contribution in [-0.2, 0) is 11.2 Å². The Balaban J connectivity index is 2.37. The molecule has 0 spiro atoms. The molecule has 1 aromatic carbocycles. The molecule has 0 aliphatic carbocycles. The van der Waals surface area contributed by atoms with E-state index in [-0.39, 0.29) is 5.91 Å². The molecule has 1 amide bonds. The Labute approximate surface area is 108 Å². The maximum Gasteiger partial charge on any atom is 0.224 e. The molecule has 0 bridgehead atoms. The average Bonchev–Trinajstić information content (AvgIpc) is 2.33. The fraction of sp³-hybridized carbons (Fsp3) is 0.500. The Morgan fingerprint density at radius 2 is 1.82 bits per heavy atom. The smallest absolute Gasteiger partial charge is 0.224 e. The summed E-state index contributed by atoms with van der Waals surface area (Å²) >= 11 is 5.79. The van der Waals surface area contributed by atoms with E-state index in [2.05, 4.69) is 19.2 Å². The number of carbonyl (C=O) groups is 1. The van der Waals surface area contributed by atoms with Crippen molar-refractivity contribution in [3.8, 4) is 0 Å². The van der Waals surface area contributed by atoms with E-state index in [1.54, 1.807) is 0 Å². The summed E-state index contributed by atoms with van der Waals surface area (Å²) in [5, 5.41) is 3.68. The fourth-order valence-electron chi connectivity index (χ4n) is 1.69. The molecule has 0 aliphatic heterocycles. The largest absolute Gasteiger partial charge is 0.356 e. The molecule has 2 nitrogen and oxygen atoms in total. The highest BCUT2D eigenvalue weighted by molar-refractivity contribution is 6.30. The summed E-state index contributed by atoms with van der Waals surface area (Å²) in [7, 11) is 0. The first kappa shape index (κ1) is 14.0. The lowest BCUT2D eigenvalue weighted by atomic mass is 10.0. The van der Waals surface area contributed by atoms with Crippen LogP contribution >= 0.6 is 11.6 Å². The standard InChI is InChI=1S/C14H20ClNO/c1-3-11(4-2)10-16-14(17)9-12-5-7-13(15)8-6-12/h5-8,11H,3-4,9-10H2,1-2H3,(H,16,17). The molecule has 0 aliphatic rings. The SMILES string of the molecule is CCC(CC)CNC(=O)Cc1ccc(Cl)cc1. The molecular weight excluding hydrogens is 234 g/mol. The number of carbonyl (C=O) groups excluding carboxylic acids is 1. The second kappa shape index (κ2) is 7.33. The van der Waals surface area contributed by atoms with E-state index in [0.717, 1.165) is 24.9 Å². The van der Waals surface area contributed by atoms with Gasteiger partial charge in [-0.1, -0.05) is 50.4 Å². The highest BCUT2D eigenvalue weighted by atomic mass is 35.5. The van der Waals surface area contributed by atoms with Crippen molar-refractivity contribution in [1.29, 1.82) is 0 Å². The highest BCUT2D eigenvalue weighted by Gasteiger charge is 2.07. The second-order valence-electron chi connectivity index (χ2n) is 4.29. The van der Waals surface area contributed by atoms with Crippen LogP contribution in [0, 0.1) is 5.92 Å². The lowest BCUT2D eigenvalue weighted by Gasteiger charge is -2.13. The molecule has 0 radical (unpaired) electrons. The zero-order chi connectivity index (χ0) is 12.7. The summed E-state index contributed by atoms with van der Waals surface area (Å²) in [6, 6.07) is 7.40. The van der Waals surface area contributed by atoms with E-state index in [4.69, 9.17) is 11.6 Å². The number of hydrogen-bond donors (Lipinski definition) is 1. The summed E-state index contributed by atoms with van der Waals surface area (Å²) in [5.41, 5.74) is 0.997. The maximum atomic E-state index is 11.7. The molecule has 1 aromatic rings. The minimum absolute atomic E-state index is 0.0826. The first-order chi connectivity index (χ1) is 8.15.